The molecule has 2 aromatic rings. The van der Waals surface area contributed by atoms with Crippen LogP contribution < -0.4 is 5.73 Å². The first-order valence-electron chi connectivity index (χ1n) is 4.47. The molecule has 2 aromatic heterocycles. The summed E-state index contributed by atoms with van der Waals surface area (Å²) < 4.78 is 5.04. The van der Waals surface area contributed by atoms with Gasteiger partial charge in [-0.2, -0.15) is 4.98 Å². The van der Waals surface area contributed by atoms with Gasteiger partial charge in [0.05, 0.1) is 5.69 Å². The van der Waals surface area contributed by atoms with Crippen molar-refractivity contribution in [3.05, 3.63) is 24.2 Å². The smallest absolute Gasteiger partial charge is 0.228 e. The molecule has 0 fully saturated rings. The highest BCUT2D eigenvalue weighted by molar-refractivity contribution is 5.47. The van der Waals surface area contributed by atoms with E-state index in [9.17, 15) is 0 Å². The SMILES string of the molecule is CC(N)Cc1nc(-c2ccc[nH]2)no1. The molecule has 2 rings (SSSR count). The van der Waals surface area contributed by atoms with E-state index in [1.807, 2.05) is 25.3 Å². The van der Waals surface area contributed by atoms with Crippen LogP contribution in [-0.4, -0.2) is 21.2 Å². The Labute approximate surface area is 81.3 Å². The number of nitrogens with zero attached hydrogens (tertiary/aromatic N) is 2. The van der Waals surface area contributed by atoms with E-state index in [4.69, 9.17) is 10.3 Å². The second kappa shape index (κ2) is 3.63. The Balaban J connectivity index is 2.18. The van der Waals surface area contributed by atoms with Gasteiger partial charge >= 0.3 is 0 Å². The van der Waals surface area contributed by atoms with Crippen LogP contribution in [0.4, 0.5) is 0 Å². The number of hydrogen-bond acceptors (Lipinski definition) is 4. The van der Waals surface area contributed by atoms with Crippen molar-refractivity contribution in [2.24, 2.45) is 5.73 Å². The van der Waals surface area contributed by atoms with Crippen LogP contribution in [0.1, 0.15) is 12.8 Å². The Kier molecular flexibility index (Phi) is 2.32. The molecule has 3 N–H and O–H groups in total. The van der Waals surface area contributed by atoms with E-state index in [1.165, 1.54) is 0 Å². The fourth-order valence-electron chi connectivity index (χ4n) is 1.19. The van der Waals surface area contributed by atoms with Crippen LogP contribution >= 0.6 is 0 Å². The maximum Gasteiger partial charge on any atom is 0.228 e. The summed E-state index contributed by atoms with van der Waals surface area (Å²) in [6, 6.07) is 3.81. The molecule has 5 heteroatoms. The van der Waals surface area contributed by atoms with Crippen LogP contribution in [0.5, 0.6) is 0 Å². The van der Waals surface area contributed by atoms with Gasteiger partial charge in [-0.1, -0.05) is 5.16 Å². The normalized spacial score (nSPS) is 13.0. The van der Waals surface area contributed by atoms with E-state index in [1.54, 1.807) is 0 Å². The van der Waals surface area contributed by atoms with Crippen molar-refractivity contribution in [2.75, 3.05) is 0 Å². The molecule has 0 saturated carbocycles. The van der Waals surface area contributed by atoms with Gasteiger partial charge in [-0.25, -0.2) is 0 Å². The maximum absolute atomic E-state index is 5.62. The standard InChI is InChI=1S/C9H12N4O/c1-6(10)5-8-12-9(13-14-8)7-3-2-4-11-7/h2-4,6,11H,5,10H2,1H3. The zero-order valence-electron chi connectivity index (χ0n) is 7.90. The summed E-state index contributed by atoms with van der Waals surface area (Å²) >= 11 is 0. The molecule has 0 radical (unpaired) electrons. The lowest BCUT2D eigenvalue weighted by molar-refractivity contribution is 0.372. The van der Waals surface area contributed by atoms with Crippen molar-refractivity contribution < 1.29 is 4.52 Å². The summed E-state index contributed by atoms with van der Waals surface area (Å²) in [5.74, 6) is 1.15. The van der Waals surface area contributed by atoms with Crippen molar-refractivity contribution >= 4 is 0 Å². The molecule has 2 heterocycles. The molecule has 0 spiro atoms. The average Bonchev–Trinajstić information content (AvgIpc) is 2.69. The molecule has 0 aliphatic carbocycles. The molecule has 0 aliphatic rings. The number of nitrogens with one attached hydrogen (secondary N) is 1. The van der Waals surface area contributed by atoms with E-state index in [0.717, 1.165) is 5.69 Å². The van der Waals surface area contributed by atoms with Crippen molar-refractivity contribution in [1.29, 1.82) is 0 Å². The Morgan fingerprint density at radius 3 is 3.14 bits per heavy atom. The molecule has 5 nitrogen and oxygen atoms in total. The molecule has 74 valence electrons. The Morgan fingerprint density at radius 1 is 1.64 bits per heavy atom. The van der Waals surface area contributed by atoms with Gasteiger partial charge in [0, 0.05) is 18.7 Å². The lowest BCUT2D eigenvalue weighted by Gasteiger charge is -1.96. The molecule has 0 bridgehead atoms. The van der Waals surface area contributed by atoms with E-state index >= 15 is 0 Å². The van der Waals surface area contributed by atoms with Crippen molar-refractivity contribution in [3.63, 3.8) is 0 Å². The first-order chi connectivity index (χ1) is 6.75. The first kappa shape index (κ1) is 8.96. The van der Waals surface area contributed by atoms with Gasteiger partial charge < -0.3 is 15.2 Å². The van der Waals surface area contributed by atoms with Gasteiger partial charge in [0.1, 0.15) is 0 Å². The summed E-state index contributed by atoms with van der Waals surface area (Å²) in [7, 11) is 0. The molecular formula is C9H12N4O. The van der Waals surface area contributed by atoms with Crippen LogP contribution in [0, 0.1) is 0 Å². The third-order valence-corrected chi connectivity index (χ3v) is 1.80. The summed E-state index contributed by atoms with van der Waals surface area (Å²) in [6.45, 7) is 1.90. The van der Waals surface area contributed by atoms with Gasteiger partial charge in [0.2, 0.25) is 11.7 Å². The largest absolute Gasteiger partial charge is 0.359 e. The number of aromatic nitrogens is 3. The zero-order chi connectivity index (χ0) is 9.97. The summed E-state index contributed by atoms with van der Waals surface area (Å²) in [5, 5.41) is 3.84. The molecule has 0 aliphatic heterocycles. The third kappa shape index (κ3) is 1.82. The van der Waals surface area contributed by atoms with Crippen molar-refractivity contribution in [3.8, 4) is 11.5 Å². The molecular weight excluding hydrogens is 180 g/mol. The molecule has 14 heavy (non-hydrogen) atoms. The molecule has 1 atom stereocenters. The topological polar surface area (TPSA) is 80.7 Å². The molecule has 1 unspecified atom stereocenters. The molecule has 0 amide bonds. The van der Waals surface area contributed by atoms with Crippen LogP contribution in [0.3, 0.4) is 0 Å². The summed E-state index contributed by atoms with van der Waals surface area (Å²) in [6.07, 6.45) is 2.42. The van der Waals surface area contributed by atoms with E-state index in [-0.39, 0.29) is 6.04 Å². The van der Waals surface area contributed by atoms with Crippen LogP contribution in [0.2, 0.25) is 0 Å². The minimum atomic E-state index is 0.0342. The highest BCUT2D eigenvalue weighted by Crippen LogP contribution is 2.12. The maximum atomic E-state index is 5.62. The summed E-state index contributed by atoms with van der Waals surface area (Å²) in [5.41, 5.74) is 6.47. The van der Waals surface area contributed by atoms with Gasteiger partial charge in [-0.05, 0) is 19.1 Å². The number of hydrogen-bond donors (Lipinski definition) is 2. The summed E-state index contributed by atoms with van der Waals surface area (Å²) in [4.78, 5) is 7.21. The second-order valence-electron chi connectivity index (χ2n) is 3.28. The second-order valence-corrected chi connectivity index (χ2v) is 3.28. The van der Waals surface area contributed by atoms with Gasteiger partial charge in [0.25, 0.3) is 0 Å². The predicted molar refractivity (Wildman–Crippen MR) is 51.4 cm³/mol. The van der Waals surface area contributed by atoms with Gasteiger partial charge in [-0.3, -0.25) is 0 Å². The lowest BCUT2D eigenvalue weighted by Crippen LogP contribution is -2.17. The monoisotopic (exact) mass is 192 g/mol. The molecule has 0 saturated heterocycles. The van der Waals surface area contributed by atoms with Crippen molar-refractivity contribution in [2.45, 2.75) is 19.4 Å². The van der Waals surface area contributed by atoms with Crippen molar-refractivity contribution in [1.82, 2.24) is 15.1 Å². The van der Waals surface area contributed by atoms with Crippen LogP contribution in [0.25, 0.3) is 11.5 Å². The Bertz CT molecular complexity index is 391. The Hall–Kier alpha value is -1.62. The van der Waals surface area contributed by atoms with Crippen LogP contribution in [-0.2, 0) is 6.42 Å². The van der Waals surface area contributed by atoms with E-state index in [0.29, 0.717) is 18.1 Å². The minimum absolute atomic E-state index is 0.0342. The quantitative estimate of drug-likeness (QED) is 0.758. The first-order valence-corrected chi connectivity index (χ1v) is 4.47. The zero-order valence-corrected chi connectivity index (χ0v) is 7.90. The highest BCUT2D eigenvalue weighted by atomic mass is 16.5. The number of aromatic amines is 1. The average molecular weight is 192 g/mol. The number of rotatable bonds is 3. The third-order valence-electron chi connectivity index (χ3n) is 1.80. The Morgan fingerprint density at radius 2 is 2.50 bits per heavy atom. The lowest BCUT2D eigenvalue weighted by atomic mass is 10.2. The van der Waals surface area contributed by atoms with Gasteiger partial charge in [-0.15, -0.1) is 0 Å². The van der Waals surface area contributed by atoms with E-state index in [2.05, 4.69) is 15.1 Å². The highest BCUT2D eigenvalue weighted by Gasteiger charge is 2.09. The fourth-order valence-corrected chi connectivity index (χ4v) is 1.19. The van der Waals surface area contributed by atoms with Gasteiger partial charge in [0.15, 0.2) is 0 Å². The number of nitrogens with two attached hydrogens (primary N) is 1. The predicted octanol–water partition coefficient (Wildman–Crippen LogP) is 0.954. The van der Waals surface area contributed by atoms with E-state index < -0.39 is 0 Å². The van der Waals surface area contributed by atoms with Crippen LogP contribution in [0.15, 0.2) is 22.9 Å². The minimum Gasteiger partial charge on any atom is -0.359 e. The molecule has 0 aromatic carbocycles. The number of H-pyrrole nitrogens is 1. The fraction of sp³-hybridized carbons (Fsp3) is 0.333.